The predicted molar refractivity (Wildman–Crippen MR) is 69.7 cm³/mol. The van der Waals surface area contributed by atoms with Gasteiger partial charge in [0.05, 0.1) is 22.5 Å². The molecule has 1 aromatic carbocycles. The summed E-state index contributed by atoms with van der Waals surface area (Å²) in [5.74, 6) is 0.929. The molecule has 0 saturated heterocycles. The van der Waals surface area contributed by atoms with Crippen LogP contribution in [0.1, 0.15) is 12.5 Å². The van der Waals surface area contributed by atoms with Crippen LogP contribution in [0.3, 0.4) is 0 Å². The van der Waals surface area contributed by atoms with E-state index in [4.69, 9.17) is 11.6 Å². The summed E-state index contributed by atoms with van der Waals surface area (Å²) in [4.78, 5) is 0.971. The first-order valence-corrected chi connectivity index (χ1v) is 6.49. The lowest BCUT2D eigenvalue weighted by atomic mass is 10.2. The van der Waals surface area contributed by atoms with Crippen LogP contribution >= 0.6 is 23.4 Å². The van der Waals surface area contributed by atoms with Crippen molar-refractivity contribution in [3.8, 4) is 11.8 Å². The molecule has 1 heterocycles. The van der Waals surface area contributed by atoms with E-state index < -0.39 is 0 Å². The highest BCUT2D eigenvalue weighted by atomic mass is 35.5. The molecule has 0 atom stereocenters. The van der Waals surface area contributed by atoms with Crippen molar-refractivity contribution in [1.82, 2.24) is 9.78 Å². The number of benzene rings is 1. The molecule has 3 nitrogen and oxygen atoms in total. The lowest BCUT2D eigenvalue weighted by molar-refractivity contribution is 0.873. The van der Waals surface area contributed by atoms with E-state index in [-0.39, 0.29) is 0 Å². The van der Waals surface area contributed by atoms with Gasteiger partial charge in [0, 0.05) is 11.1 Å². The summed E-state index contributed by atoms with van der Waals surface area (Å²) in [6, 6.07) is 7.96. The summed E-state index contributed by atoms with van der Waals surface area (Å²) in [6.45, 7) is 2.06. The van der Waals surface area contributed by atoms with Crippen LogP contribution in [-0.2, 0) is 0 Å². The van der Waals surface area contributed by atoms with E-state index in [0.717, 1.165) is 16.3 Å². The molecular formula is C12H10ClN3S. The second-order valence-corrected chi connectivity index (χ2v) is 5.04. The summed E-state index contributed by atoms with van der Waals surface area (Å²) < 4.78 is 1.63. The summed E-state index contributed by atoms with van der Waals surface area (Å²) in [5.41, 5.74) is 1.40. The molecule has 86 valence electrons. The SMILES string of the molecule is CCSc1cccc(-n2cc(Cl)cn2)c1C#N. The summed E-state index contributed by atoms with van der Waals surface area (Å²) in [7, 11) is 0. The number of rotatable bonds is 3. The molecule has 0 saturated carbocycles. The van der Waals surface area contributed by atoms with Gasteiger partial charge in [0.15, 0.2) is 0 Å². The zero-order valence-electron chi connectivity index (χ0n) is 9.22. The Labute approximate surface area is 109 Å². The van der Waals surface area contributed by atoms with Gasteiger partial charge in [0.25, 0.3) is 0 Å². The molecule has 0 radical (unpaired) electrons. The van der Waals surface area contributed by atoms with Crippen LogP contribution in [0, 0.1) is 11.3 Å². The third-order valence-corrected chi connectivity index (χ3v) is 3.35. The Morgan fingerprint density at radius 3 is 2.94 bits per heavy atom. The Morgan fingerprint density at radius 2 is 2.35 bits per heavy atom. The standard InChI is InChI=1S/C12H10ClN3S/c1-2-17-12-5-3-4-11(10(12)6-14)16-8-9(13)7-15-16/h3-5,7-8H,2H2,1H3. The van der Waals surface area contributed by atoms with Gasteiger partial charge in [-0.1, -0.05) is 24.6 Å². The van der Waals surface area contributed by atoms with E-state index in [1.165, 1.54) is 0 Å². The first-order valence-electron chi connectivity index (χ1n) is 5.12. The van der Waals surface area contributed by atoms with Crippen molar-refractivity contribution in [3.63, 3.8) is 0 Å². The molecule has 0 amide bonds. The highest BCUT2D eigenvalue weighted by Gasteiger charge is 2.10. The van der Waals surface area contributed by atoms with Crippen LogP contribution in [0.5, 0.6) is 0 Å². The predicted octanol–water partition coefficient (Wildman–Crippen LogP) is 3.51. The highest BCUT2D eigenvalue weighted by molar-refractivity contribution is 7.99. The molecule has 0 aliphatic heterocycles. The minimum absolute atomic E-state index is 0.558. The van der Waals surface area contributed by atoms with Gasteiger partial charge >= 0.3 is 0 Å². The molecule has 1 aromatic heterocycles. The Bertz CT molecular complexity index is 571. The smallest absolute Gasteiger partial charge is 0.103 e. The molecule has 0 unspecified atom stereocenters. The van der Waals surface area contributed by atoms with Gasteiger partial charge in [-0.25, -0.2) is 4.68 Å². The molecule has 0 spiro atoms. The van der Waals surface area contributed by atoms with Crippen molar-refractivity contribution in [2.75, 3.05) is 5.75 Å². The van der Waals surface area contributed by atoms with E-state index in [0.29, 0.717) is 10.6 Å². The fourth-order valence-corrected chi connectivity index (χ4v) is 2.45. The lowest BCUT2D eigenvalue weighted by Crippen LogP contribution is -1.99. The third kappa shape index (κ3) is 2.46. The number of hydrogen-bond acceptors (Lipinski definition) is 3. The first-order chi connectivity index (χ1) is 8.26. The summed E-state index contributed by atoms with van der Waals surface area (Å²) in [5, 5.41) is 13.9. The molecule has 5 heteroatoms. The first kappa shape index (κ1) is 12.0. The zero-order chi connectivity index (χ0) is 12.3. The molecule has 0 aliphatic carbocycles. The maximum atomic E-state index is 9.26. The highest BCUT2D eigenvalue weighted by Crippen LogP contribution is 2.27. The van der Waals surface area contributed by atoms with Crippen LogP contribution in [0.15, 0.2) is 35.5 Å². The van der Waals surface area contributed by atoms with Crippen molar-refractivity contribution in [3.05, 3.63) is 41.2 Å². The molecule has 0 N–H and O–H groups in total. The van der Waals surface area contributed by atoms with Crippen LogP contribution in [0.25, 0.3) is 5.69 Å². The van der Waals surface area contributed by atoms with Gasteiger partial charge < -0.3 is 0 Å². The number of thioether (sulfide) groups is 1. The van der Waals surface area contributed by atoms with Crippen molar-refractivity contribution < 1.29 is 0 Å². The summed E-state index contributed by atoms with van der Waals surface area (Å²) >= 11 is 7.48. The Hall–Kier alpha value is -1.44. The van der Waals surface area contributed by atoms with Gasteiger partial charge in [-0.05, 0) is 17.9 Å². The van der Waals surface area contributed by atoms with Crippen molar-refractivity contribution >= 4 is 23.4 Å². The van der Waals surface area contributed by atoms with Gasteiger partial charge in [0.1, 0.15) is 6.07 Å². The van der Waals surface area contributed by atoms with E-state index in [9.17, 15) is 5.26 Å². The fraction of sp³-hybridized carbons (Fsp3) is 0.167. The number of nitrogens with zero attached hydrogens (tertiary/aromatic N) is 3. The number of nitriles is 1. The minimum atomic E-state index is 0.558. The average Bonchev–Trinajstić information content (AvgIpc) is 2.76. The normalized spacial score (nSPS) is 10.2. The number of halogens is 1. The largest absolute Gasteiger partial charge is 0.238 e. The van der Waals surface area contributed by atoms with Crippen molar-refractivity contribution in [1.29, 1.82) is 5.26 Å². The fourth-order valence-electron chi connectivity index (χ4n) is 1.53. The second kappa shape index (κ2) is 5.26. The van der Waals surface area contributed by atoms with E-state index in [2.05, 4.69) is 18.1 Å². The van der Waals surface area contributed by atoms with Crippen LogP contribution in [0.2, 0.25) is 5.02 Å². The van der Waals surface area contributed by atoms with Gasteiger partial charge in [0.2, 0.25) is 0 Å². The zero-order valence-corrected chi connectivity index (χ0v) is 10.8. The molecule has 2 rings (SSSR count). The molecule has 0 bridgehead atoms. The van der Waals surface area contributed by atoms with Gasteiger partial charge in [-0.15, -0.1) is 11.8 Å². The maximum absolute atomic E-state index is 9.26. The molecule has 0 fully saturated rings. The van der Waals surface area contributed by atoms with E-state index >= 15 is 0 Å². The van der Waals surface area contributed by atoms with Gasteiger partial charge in [-0.3, -0.25) is 0 Å². The van der Waals surface area contributed by atoms with Crippen molar-refractivity contribution in [2.45, 2.75) is 11.8 Å². The average molecular weight is 264 g/mol. The van der Waals surface area contributed by atoms with E-state index in [1.807, 2.05) is 18.2 Å². The van der Waals surface area contributed by atoms with E-state index in [1.54, 1.807) is 28.8 Å². The van der Waals surface area contributed by atoms with Crippen LogP contribution < -0.4 is 0 Å². The molecule has 0 aliphatic rings. The quantitative estimate of drug-likeness (QED) is 0.796. The van der Waals surface area contributed by atoms with Crippen molar-refractivity contribution in [2.24, 2.45) is 0 Å². The molecule has 2 aromatic rings. The van der Waals surface area contributed by atoms with Crippen LogP contribution in [-0.4, -0.2) is 15.5 Å². The molecule has 17 heavy (non-hydrogen) atoms. The number of aromatic nitrogens is 2. The minimum Gasteiger partial charge on any atom is -0.238 e. The Kier molecular flexibility index (Phi) is 3.72. The lowest BCUT2D eigenvalue weighted by Gasteiger charge is -2.07. The Balaban J connectivity index is 2.54. The number of hydrogen-bond donors (Lipinski definition) is 0. The topological polar surface area (TPSA) is 41.6 Å². The second-order valence-electron chi connectivity index (χ2n) is 3.30. The molecular weight excluding hydrogens is 254 g/mol. The third-order valence-electron chi connectivity index (χ3n) is 2.21. The maximum Gasteiger partial charge on any atom is 0.103 e. The van der Waals surface area contributed by atoms with Crippen LogP contribution in [0.4, 0.5) is 0 Å². The Morgan fingerprint density at radius 1 is 1.53 bits per heavy atom. The monoisotopic (exact) mass is 263 g/mol. The van der Waals surface area contributed by atoms with Gasteiger partial charge in [-0.2, -0.15) is 10.4 Å². The summed E-state index contributed by atoms with van der Waals surface area (Å²) in [6.07, 6.45) is 3.25.